The Morgan fingerprint density at radius 2 is 1.93 bits per heavy atom. The molecular formula is C23H26FN5O. The molecule has 3 N–H and O–H groups in total. The van der Waals surface area contributed by atoms with Crippen LogP contribution in [0.5, 0.6) is 0 Å². The van der Waals surface area contributed by atoms with Gasteiger partial charge in [-0.1, -0.05) is 12.1 Å². The van der Waals surface area contributed by atoms with Gasteiger partial charge in [0.05, 0.1) is 11.1 Å². The quantitative estimate of drug-likeness (QED) is 0.698. The predicted molar refractivity (Wildman–Crippen MR) is 117 cm³/mol. The summed E-state index contributed by atoms with van der Waals surface area (Å²) in [5.74, 6) is 0.433. The van der Waals surface area contributed by atoms with Crippen LogP contribution in [0.4, 0.5) is 15.9 Å². The van der Waals surface area contributed by atoms with Crippen molar-refractivity contribution >= 4 is 22.3 Å². The van der Waals surface area contributed by atoms with Crippen molar-refractivity contribution in [1.29, 1.82) is 0 Å². The molecule has 2 aliphatic rings. The first-order valence-corrected chi connectivity index (χ1v) is 10.6. The number of piperazine rings is 1. The number of benzene rings is 1. The van der Waals surface area contributed by atoms with E-state index in [9.17, 15) is 9.18 Å². The minimum Gasteiger partial charge on any atom is -0.382 e. The number of hydrogen-bond acceptors (Lipinski definition) is 5. The lowest BCUT2D eigenvalue weighted by atomic mass is 10.00. The third-order valence-corrected chi connectivity index (χ3v) is 6.67. The molecule has 1 aromatic carbocycles. The average Bonchev–Trinajstić information content (AvgIpc) is 3.24. The fourth-order valence-electron chi connectivity index (χ4n) is 5.09. The Balaban J connectivity index is 1.26. The highest BCUT2D eigenvalue weighted by Gasteiger charge is 2.32. The van der Waals surface area contributed by atoms with Gasteiger partial charge in [-0.25, -0.2) is 9.37 Å². The molecule has 7 heteroatoms. The lowest BCUT2D eigenvalue weighted by Gasteiger charge is -2.39. The van der Waals surface area contributed by atoms with Crippen molar-refractivity contribution in [3.63, 3.8) is 0 Å². The molecule has 0 radical (unpaired) electrons. The highest BCUT2D eigenvalue weighted by atomic mass is 19.1. The Morgan fingerprint density at radius 3 is 2.73 bits per heavy atom. The number of pyridine rings is 2. The van der Waals surface area contributed by atoms with E-state index in [0.29, 0.717) is 23.2 Å². The summed E-state index contributed by atoms with van der Waals surface area (Å²) in [6.07, 6.45) is 4.89. The third kappa shape index (κ3) is 3.43. The number of nitrogens with one attached hydrogen (secondary N) is 1. The molecule has 1 aliphatic carbocycles. The Morgan fingerprint density at radius 1 is 1.10 bits per heavy atom. The van der Waals surface area contributed by atoms with Gasteiger partial charge in [-0.2, -0.15) is 0 Å². The van der Waals surface area contributed by atoms with E-state index in [0.717, 1.165) is 56.8 Å². The summed E-state index contributed by atoms with van der Waals surface area (Å²) in [4.78, 5) is 24.4. The third-order valence-electron chi connectivity index (χ3n) is 6.67. The van der Waals surface area contributed by atoms with Crippen LogP contribution in [0.25, 0.3) is 10.8 Å². The number of nitrogen functional groups attached to an aromatic ring is 1. The first-order chi connectivity index (χ1) is 14.6. The summed E-state index contributed by atoms with van der Waals surface area (Å²) >= 11 is 0. The van der Waals surface area contributed by atoms with Crippen LogP contribution in [0.3, 0.4) is 0 Å². The second-order valence-electron chi connectivity index (χ2n) is 8.35. The van der Waals surface area contributed by atoms with Gasteiger partial charge in [0, 0.05) is 50.0 Å². The van der Waals surface area contributed by atoms with Crippen LogP contribution in [0.2, 0.25) is 0 Å². The number of nitrogens with zero attached hydrogens (tertiary/aromatic N) is 3. The number of hydrogen-bond donors (Lipinski definition) is 2. The Labute approximate surface area is 174 Å². The fraction of sp³-hybridized carbons (Fsp3) is 0.391. The maximum Gasteiger partial charge on any atom is 0.259 e. The van der Waals surface area contributed by atoms with Gasteiger partial charge in [0.2, 0.25) is 0 Å². The Kier molecular flexibility index (Phi) is 4.90. The maximum absolute atomic E-state index is 14.0. The van der Waals surface area contributed by atoms with Crippen LogP contribution >= 0.6 is 0 Å². The molecule has 156 valence electrons. The first kappa shape index (κ1) is 19.1. The van der Waals surface area contributed by atoms with Crippen molar-refractivity contribution in [2.45, 2.75) is 31.2 Å². The monoisotopic (exact) mass is 407 g/mol. The van der Waals surface area contributed by atoms with Crippen molar-refractivity contribution in [2.75, 3.05) is 36.8 Å². The highest BCUT2D eigenvalue weighted by molar-refractivity contribution is 5.82. The molecule has 3 aromatic rings. The van der Waals surface area contributed by atoms with Crippen LogP contribution in [-0.2, 0) is 0 Å². The van der Waals surface area contributed by atoms with Crippen LogP contribution < -0.4 is 16.2 Å². The molecule has 2 unspecified atom stereocenters. The van der Waals surface area contributed by atoms with E-state index in [2.05, 4.69) is 19.8 Å². The number of rotatable bonds is 3. The van der Waals surface area contributed by atoms with E-state index in [4.69, 9.17) is 5.73 Å². The van der Waals surface area contributed by atoms with Gasteiger partial charge in [0.25, 0.3) is 5.56 Å². The van der Waals surface area contributed by atoms with Gasteiger partial charge < -0.3 is 15.6 Å². The number of fused-ring (bicyclic) bond motifs is 1. The second kappa shape index (κ2) is 7.72. The van der Waals surface area contributed by atoms with E-state index < -0.39 is 5.82 Å². The predicted octanol–water partition coefficient (Wildman–Crippen LogP) is 3.10. The van der Waals surface area contributed by atoms with Crippen molar-refractivity contribution in [1.82, 2.24) is 14.9 Å². The topological polar surface area (TPSA) is 78.2 Å². The molecule has 0 amide bonds. The smallest absolute Gasteiger partial charge is 0.259 e. The van der Waals surface area contributed by atoms with Crippen LogP contribution in [0, 0.1) is 5.82 Å². The Hall–Kier alpha value is -2.93. The molecule has 1 aliphatic heterocycles. The van der Waals surface area contributed by atoms with Crippen molar-refractivity contribution in [2.24, 2.45) is 0 Å². The highest BCUT2D eigenvalue weighted by Crippen LogP contribution is 2.37. The van der Waals surface area contributed by atoms with Gasteiger partial charge in [-0.05, 0) is 48.9 Å². The minimum absolute atomic E-state index is 0.154. The molecular weight excluding hydrogens is 381 g/mol. The number of anilines is 2. The second-order valence-corrected chi connectivity index (χ2v) is 8.35. The van der Waals surface area contributed by atoms with E-state index >= 15 is 0 Å². The lowest BCUT2D eigenvalue weighted by molar-refractivity contribution is 0.186. The SMILES string of the molecule is Nc1ncccc1N1CCN(C2CCC(c3cc4cccc(F)c4c(=O)[nH]3)C2)CC1. The molecule has 5 rings (SSSR count). The van der Waals surface area contributed by atoms with Crippen molar-refractivity contribution in [3.05, 3.63) is 64.5 Å². The molecule has 1 saturated heterocycles. The van der Waals surface area contributed by atoms with Gasteiger partial charge in [-0.3, -0.25) is 9.69 Å². The minimum atomic E-state index is -0.461. The zero-order chi connectivity index (χ0) is 20.7. The molecule has 2 atom stereocenters. The maximum atomic E-state index is 14.0. The summed E-state index contributed by atoms with van der Waals surface area (Å²) in [6, 6.07) is 11.2. The largest absolute Gasteiger partial charge is 0.382 e. The molecule has 2 aromatic heterocycles. The van der Waals surface area contributed by atoms with Crippen LogP contribution in [0.15, 0.2) is 47.4 Å². The zero-order valence-corrected chi connectivity index (χ0v) is 16.9. The van der Waals surface area contributed by atoms with Gasteiger partial charge in [0.15, 0.2) is 0 Å². The van der Waals surface area contributed by atoms with E-state index in [-0.39, 0.29) is 10.9 Å². The molecule has 3 heterocycles. The lowest BCUT2D eigenvalue weighted by Crippen LogP contribution is -2.50. The van der Waals surface area contributed by atoms with Crippen molar-refractivity contribution < 1.29 is 4.39 Å². The molecule has 2 fully saturated rings. The standard InChI is InChI=1S/C23H26FN5O/c24-18-4-1-3-16-14-19(27-23(30)21(16)18)15-6-7-17(13-15)28-9-11-29(12-10-28)20-5-2-8-26-22(20)25/h1-5,8,14-15,17H,6-7,9-13H2,(H2,25,26)(H,27,30). The van der Waals surface area contributed by atoms with E-state index in [1.807, 2.05) is 24.3 Å². The molecule has 1 saturated carbocycles. The summed E-state index contributed by atoms with van der Waals surface area (Å²) < 4.78 is 14.0. The fourth-order valence-corrected chi connectivity index (χ4v) is 5.09. The average molecular weight is 407 g/mol. The van der Waals surface area contributed by atoms with Crippen molar-refractivity contribution in [3.8, 4) is 0 Å². The zero-order valence-electron chi connectivity index (χ0n) is 16.9. The van der Waals surface area contributed by atoms with E-state index in [1.165, 1.54) is 6.07 Å². The van der Waals surface area contributed by atoms with Gasteiger partial charge >= 0.3 is 0 Å². The number of nitrogens with two attached hydrogens (primary N) is 1. The van der Waals surface area contributed by atoms with E-state index in [1.54, 1.807) is 12.3 Å². The first-order valence-electron chi connectivity index (χ1n) is 10.6. The Bertz CT molecular complexity index is 1120. The molecule has 0 bridgehead atoms. The summed E-state index contributed by atoms with van der Waals surface area (Å²) in [5.41, 5.74) is 7.65. The molecule has 30 heavy (non-hydrogen) atoms. The number of aromatic nitrogens is 2. The van der Waals surface area contributed by atoms with Crippen LogP contribution in [0.1, 0.15) is 30.9 Å². The number of H-pyrrole nitrogens is 1. The number of halogens is 1. The summed E-state index contributed by atoms with van der Waals surface area (Å²) in [5, 5.41) is 0.835. The van der Waals surface area contributed by atoms with Gasteiger partial charge in [0.1, 0.15) is 11.6 Å². The van der Waals surface area contributed by atoms with Gasteiger partial charge in [-0.15, -0.1) is 0 Å². The van der Waals surface area contributed by atoms with Crippen LogP contribution in [-0.4, -0.2) is 47.1 Å². The normalized spacial score (nSPS) is 22.6. The summed E-state index contributed by atoms with van der Waals surface area (Å²) in [7, 11) is 0. The number of aromatic amines is 1. The summed E-state index contributed by atoms with van der Waals surface area (Å²) in [6.45, 7) is 3.85. The molecule has 0 spiro atoms. The molecule has 6 nitrogen and oxygen atoms in total.